The summed E-state index contributed by atoms with van der Waals surface area (Å²) in [5, 5.41) is 14.6. The predicted molar refractivity (Wildman–Crippen MR) is 69.9 cm³/mol. The number of furan rings is 1. The summed E-state index contributed by atoms with van der Waals surface area (Å²) in [5.41, 5.74) is -0.228. The monoisotopic (exact) mass is 268 g/mol. The first-order valence-electron chi connectivity index (χ1n) is 6.12. The van der Waals surface area contributed by atoms with Gasteiger partial charge in [0.05, 0.1) is 6.54 Å². The van der Waals surface area contributed by atoms with E-state index in [0.29, 0.717) is 25.3 Å². The third kappa shape index (κ3) is 6.05. The van der Waals surface area contributed by atoms with Gasteiger partial charge in [0.2, 0.25) is 11.7 Å². The second kappa shape index (κ2) is 6.38. The molecule has 1 amide bonds. The van der Waals surface area contributed by atoms with Crippen molar-refractivity contribution in [3.63, 3.8) is 0 Å². The van der Waals surface area contributed by atoms with Gasteiger partial charge in [-0.05, 0) is 32.9 Å². The van der Waals surface area contributed by atoms with Gasteiger partial charge in [-0.1, -0.05) is 0 Å². The van der Waals surface area contributed by atoms with E-state index in [1.54, 1.807) is 6.07 Å². The molecule has 0 atom stereocenters. The lowest BCUT2D eigenvalue weighted by molar-refractivity contribution is -0.122. The summed E-state index contributed by atoms with van der Waals surface area (Å²) in [6, 6.07) is 3.01. The Labute approximate surface area is 112 Å². The van der Waals surface area contributed by atoms with Crippen LogP contribution >= 0.6 is 0 Å². The zero-order valence-corrected chi connectivity index (χ0v) is 11.4. The summed E-state index contributed by atoms with van der Waals surface area (Å²) < 4.78 is 5.07. The molecule has 19 heavy (non-hydrogen) atoms. The van der Waals surface area contributed by atoms with Crippen LogP contribution in [0.3, 0.4) is 0 Å². The molecular weight excluding hydrogens is 248 g/mol. The number of carboxylic acids is 1. The summed E-state index contributed by atoms with van der Waals surface area (Å²) >= 11 is 0. The van der Waals surface area contributed by atoms with Crippen LogP contribution in [0.4, 0.5) is 0 Å². The standard InChI is InChI=1S/C13H20N2O4/c1-13(2,3)15-11(16)6-7-14-8-9-4-5-10(19-9)12(17)18/h4-5,14H,6-8H2,1-3H3,(H,15,16)(H,17,18). The minimum Gasteiger partial charge on any atom is -0.475 e. The normalized spacial score (nSPS) is 11.3. The van der Waals surface area contributed by atoms with Gasteiger partial charge in [-0.15, -0.1) is 0 Å². The van der Waals surface area contributed by atoms with E-state index in [-0.39, 0.29) is 17.2 Å². The van der Waals surface area contributed by atoms with E-state index in [1.165, 1.54) is 6.07 Å². The molecule has 6 nitrogen and oxygen atoms in total. The zero-order valence-electron chi connectivity index (χ0n) is 11.4. The predicted octanol–water partition coefficient (Wildman–Crippen LogP) is 1.37. The summed E-state index contributed by atoms with van der Waals surface area (Å²) in [6.07, 6.45) is 0.365. The van der Waals surface area contributed by atoms with Crippen LogP contribution in [0.2, 0.25) is 0 Å². The highest BCUT2D eigenvalue weighted by Gasteiger charge is 2.13. The maximum atomic E-state index is 11.5. The van der Waals surface area contributed by atoms with Gasteiger partial charge in [-0.2, -0.15) is 0 Å². The second-order valence-corrected chi connectivity index (χ2v) is 5.30. The molecule has 1 rings (SSSR count). The van der Waals surface area contributed by atoms with Gasteiger partial charge in [0, 0.05) is 18.5 Å². The molecule has 1 aromatic heterocycles. The fourth-order valence-electron chi connectivity index (χ4n) is 1.48. The minimum atomic E-state index is -1.09. The lowest BCUT2D eigenvalue weighted by atomic mass is 10.1. The van der Waals surface area contributed by atoms with Crippen molar-refractivity contribution in [2.75, 3.05) is 6.54 Å². The third-order valence-corrected chi connectivity index (χ3v) is 2.21. The largest absolute Gasteiger partial charge is 0.475 e. The Balaban J connectivity index is 2.23. The Morgan fingerprint density at radius 1 is 1.32 bits per heavy atom. The first-order chi connectivity index (χ1) is 8.78. The molecule has 0 fully saturated rings. The number of carboxylic acid groups (broad SMARTS) is 1. The molecule has 0 bridgehead atoms. The number of carbonyl (C=O) groups is 2. The first kappa shape index (κ1) is 15.2. The van der Waals surface area contributed by atoms with E-state index in [2.05, 4.69) is 10.6 Å². The first-order valence-corrected chi connectivity index (χ1v) is 6.12. The number of hydrogen-bond acceptors (Lipinski definition) is 4. The fraction of sp³-hybridized carbons (Fsp3) is 0.538. The van der Waals surface area contributed by atoms with Crippen LogP contribution in [0.1, 0.15) is 43.5 Å². The molecule has 1 heterocycles. The summed E-state index contributed by atoms with van der Waals surface area (Å²) in [6.45, 7) is 6.68. The highest BCUT2D eigenvalue weighted by Crippen LogP contribution is 2.07. The van der Waals surface area contributed by atoms with Crippen LogP contribution in [-0.4, -0.2) is 29.1 Å². The molecule has 1 aromatic rings. The lowest BCUT2D eigenvalue weighted by Crippen LogP contribution is -2.41. The van der Waals surface area contributed by atoms with Crippen molar-refractivity contribution < 1.29 is 19.1 Å². The molecule has 0 aliphatic heterocycles. The van der Waals surface area contributed by atoms with E-state index in [9.17, 15) is 9.59 Å². The molecule has 0 aliphatic carbocycles. The Hall–Kier alpha value is -1.82. The van der Waals surface area contributed by atoms with E-state index in [0.717, 1.165) is 0 Å². The van der Waals surface area contributed by atoms with Crippen LogP contribution in [0.5, 0.6) is 0 Å². The second-order valence-electron chi connectivity index (χ2n) is 5.30. The molecule has 6 heteroatoms. The Morgan fingerprint density at radius 2 is 2.00 bits per heavy atom. The van der Waals surface area contributed by atoms with Gasteiger partial charge in [0.25, 0.3) is 0 Å². The van der Waals surface area contributed by atoms with Gasteiger partial charge in [-0.3, -0.25) is 4.79 Å². The summed E-state index contributed by atoms with van der Waals surface area (Å²) in [7, 11) is 0. The highest BCUT2D eigenvalue weighted by molar-refractivity contribution is 5.84. The van der Waals surface area contributed by atoms with Crippen LogP contribution in [0.15, 0.2) is 16.5 Å². The molecule has 0 aromatic carbocycles. The van der Waals surface area contributed by atoms with Crippen LogP contribution < -0.4 is 10.6 Å². The molecule has 3 N–H and O–H groups in total. The topological polar surface area (TPSA) is 91.6 Å². The van der Waals surface area contributed by atoms with Crippen LogP contribution in [0.25, 0.3) is 0 Å². The summed E-state index contributed by atoms with van der Waals surface area (Å²) in [5.74, 6) is -0.655. The maximum Gasteiger partial charge on any atom is 0.371 e. The highest BCUT2D eigenvalue weighted by atomic mass is 16.4. The zero-order chi connectivity index (χ0) is 14.5. The molecule has 0 saturated carbocycles. The van der Waals surface area contributed by atoms with Crippen LogP contribution in [-0.2, 0) is 11.3 Å². The number of aromatic carboxylic acids is 1. The third-order valence-electron chi connectivity index (χ3n) is 2.21. The van der Waals surface area contributed by atoms with Crippen molar-refractivity contribution in [1.29, 1.82) is 0 Å². The molecule has 0 saturated heterocycles. The SMILES string of the molecule is CC(C)(C)NC(=O)CCNCc1ccc(C(=O)O)o1. The number of nitrogens with one attached hydrogen (secondary N) is 2. The van der Waals surface area contributed by atoms with E-state index in [1.807, 2.05) is 20.8 Å². The van der Waals surface area contributed by atoms with Gasteiger partial charge in [0.1, 0.15) is 5.76 Å². The average molecular weight is 268 g/mol. The van der Waals surface area contributed by atoms with Crippen molar-refractivity contribution in [3.05, 3.63) is 23.7 Å². The number of rotatable bonds is 6. The van der Waals surface area contributed by atoms with E-state index < -0.39 is 5.97 Å². The molecular formula is C13H20N2O4. The number of hydrogen-bond donors (Lipinski definition) is 3. The molecule has 0 spiro atoms. The van der Waals surface area contributed by atoms with Crippen molar-refractivity contribution in [3.8, 4) is 0 Å². The molecule has 0 aliphatic rings. The summed E-state index contributed by atoms with van der Waals surface area (Å²) in [4.78, 5) is 22.1. The van der Waals surface area contributed by atoms with Gasteiger partial charge in [0.15, 0.2) is 0 Å². The van der Waals surface area contributed by atoms with Crippen LogP contribution in [0, 0.1) is 0 Å². The quantitative estimate of drug-likeness (QED) is 0.678. The van der Waals surface area contributed by atoms with Crippen molar-refractivity contribution >= 4 is 11.9 Å². The van der Waals surface area contributed by atoms with E-state index >= 15 is 0 Å². The fourth-order valence-corrected chi connectivity index (χ4v) is 1.48. The minimum absolute atomic E-state index is 0.0225. The van der Waals surface area contributed by atoms with Gasteiger partial charge in [-0.25, -0.2) is 4.79 Å². The van der Waals surface area contributed by atoms with E-state index in [4.69, 9.17) is 9.52 Å². The van der Waals surface area contributed by atoms with Crippen molar-refractivity contribution in [2.45, 2.75) is 39.3 Å². The number of amides is 1. The maximum absolute atomic E-state index is 11.5. The van der Waals surface area contributed by atoms with Gasteiger partial charge >= 0.3 is 5.97 Å². The van der Waals surface area contributed by atoms with Crippen molar-refractivity contribution in [2.24, 2.45) is 0 Å². The number of carbonyl (C=O) groups excluding carboxylic acids is 1. The van der Waals surface area contributed by atoms with Gasteiger partial charge < -0.3 is 20.2 Å². The average Bonchev–Trinajstić information content (AvgIpc) is 2.70. The van der Waals surface area contributed by atoms with Crippen molar-refractivity contribution in [1.82, 2.24) is 10.6 Å². The molecule has 0 unspecified atom stereocenters. The Kier molecular flexibility index (Phi) is 5.11. The Morgan fingerprint density at radius 3 is 2.53 bits per heavy atom. The molecule has 106 valence electrons. The smallest absolute Gasteiger partial charge is 0.371 e. The lowest BCUT2D eigenvalue weighted by Gasteiger charge is -2.20. The Bertz CT molecular complexity index is 446. The molecule has 0 radical (unpaired) electrons.